The summed E-state index contributed by atoms with van der Waals surface area (Å²) in [7, 11) is 0. The first-order chi connectivity index (χ1) is 8.99. The average Bonchev–Trinajstić information content (AvgIpc) is 2.38. The van der Waals surface area contributed by atoms with Crippen molar-refractivity contribution in [1.29, 1.82) is 0 Å². The van der Waals surface area contributed by atoms with Gasteiger partial charge in [-0.15, -0.1) is 0 Å². The summed E-state index contributed by atoms with van der Waals surface area (Å²) in [5.41, 5.74) is 1.35. The van der Waals surface area contributed by atoms with Crippen LogP contribution in [0.3, 0.4) is 0 Å². The van der Waals surface area contributed by atoms with Crippen molar-refractivity contribution < 1.29 is 0 Å². The first kappa shape index (κ1) is 14.8. The van der Waals surface area contributed by atoms with Crippen molar-refractivity contribution in [3.8, 4) is 0 Å². The average molecular weight is 281 g/mol. The molecule has 0 spiro atoms. The largest absolute Gasteiger partial charge is 0.311 e. The van der Waals surface area contributed by atoms with Crippen molar-refractivity contribution in [1.82, 2.24) is 10.2 Å². The zero-order chi connectivity index (χ0) is 14.0. The number of halogens is 1. The van der Waals surface area contributed by atoms with E-state index in [0.29, 0.717) is 24.0 Å². The van der Waals surface area contributed by atoms with E-state index < -0.39 is 0 Å². The Morgan fingerprint density at radius 3 is 2.42 bits per heavy atom. The highest BCUT2D eigenvalue weighted by atomic mass is 35.5. The molecule has 0 bridgehead atoms. The molecule has 0 saturated carbocycles. The van der Waals surface area contributed by atoms with Gasteiger partial charge in [-0.25, -0.2) is 0 Å². The lowest BCUT2D eigenvalue weighted by Crippen LogP contribution is -2.57. The quantitative estimate of drug-likeness (QED) is 0.908. The number of piperazine rings is 1. The molecule has 1 aromatic carbocycles. The van der Waals surface area contributed by atoms with Gasteiger partial charge in [0.1, 0.15) is 0 Å². The van der Waals surface area contributed by atoms with Gasteiger partial charge in [0.15, 0.2) is 0 Å². The minimum Gasteiger partial charge on any atom is -0.311 e. The van der Waals surface area contributed by atoms with Crippen LogP contribution in [-0.2, 0) is 0 Å². The molecule has 1 fully saturated rings. The Hall–Kier alpha value is -0.570. The molecule has 0 aliphatic carbocycles. The molecule has 0 radical (unpaired) electrons. The molecular formula is C16H25ClN2. The van der Waals surface area contributed by atoms with Crippen molar-refractivity contribution in [2.75, 3.05) is 13.1 Å². The van der Waals surface area contributed by atoms with Gasteiger partial charge < -0.3 is 5.32 Å². The number of hydrogen-bond acceptors (Lipinski definition) is 2. The SMILES string of the molecule is CC1CN(C(C)c2ccc(Cl)cc2)C(C(C)C)CN1. The minimum atomic E-state index is 0.439. The van der Waals surface area contributed by atoms with Gasteiger partial charge in [-0.2, -0.15) is 0 Å². The maximum atomic E-state index is 5.98. The molecular weight excluding hydrogens is 256 g/mol. The Labute approximate surface area is 122 Å². The number of nitrogens with zero attached hydrogens (tertiary/aromatic N) is 1. The van der Waals surface area contributed by atoms with E-state index in [-0.39, 0.29) is 0 Å². The van der Waals surface area contributed by atoms with Crippen molar-refractivity contribution >= 4 is 11.6 Å². The Morgan fingerprint density at radius 1 is 1.21 bits per heavy atom. The maximum absolute atomic E-state index is 5.98. The highest BCUT2D eigenvalue weighted by molar-refractivity contribution is 6.30. The van der Waals surface area contributed by atoms with Gasteiger partial charge in [-0.3, -0.25) is 4.90 Å². The first-order valence-corrected chi connectivity index (χ1v) is 7.61. The molecule has 1 saturated heterocycles. The maximum Gasteiger partial charge on any atom is 0.0406 e. The van der Waals surface area contributed by atoms with Crippen LogP contribution in [0.2, 0.25) is 5.02 Å². The number of nitrogens with one attached hydrogen (secondary N) is 1. The van der Waals surface area contributed by atoms with Gasteiger partial charge in [0.05, 0.1) is 0 Å². The van der Waals surface area contributed by atoms with Crippen LogP contribution in [0.15, 0.2) is 24.3 Å². The third-order valence-electron chi connectivity index (χ3n) is 4.21. The summed E-state index contributed by atoms with van der Waals surface area (Å²) in [6.07, 6.45) is 0. The van der Waals surface area contributed by atoms with E-state index in [2.05, 4.69) is 50.0 Å². The highest BCUT2D eigenvalue weighted by Gasteiger charge is 2.31. The van der Waals surface area contributed by atoms with Crippen LogP contribution >= 0.6 is 11.6 Å². The van der Waals surface area contributed by atoms with E-state index >= 15 is 0 Å². The summed E-state index contributed by atoms with van der Waals surface area (Å²) in [4.78, 5) is 2.63. The molecule has 3 atom stereocenters. The van der Waals surface area contributed by atoms with Crippen LogP contribution in [0.4, 0.5) is 0 Å². The van der Waals surface area contributed by atoms with Gasteiger partial charge in [0.25, 0.3) is 0 Å². The molecule has 19 heavy (non-hydrogen) atoms. The zero-order valence-electron chi connectivity index (χ0n) is 12.4. The first-order valence-electron chi connectivity index (χ1n) is 7.23. The molecule has 2 nitrogen and oxygen atoms in total. The lowest BCUT2D eigenvalue weighted by atomic mass is 9.95. The van der Waals surface area contributed by atoms with E-state index in [4.69, 9.17) is 11.6 Å². The Bertz CT molecular complexity index is 402. The number of benzene rings is 1. The van der Waals surface area contributed by atoms with Crippen molar-refractivity contribution in [3.63, 3.8) is 0 Å². The second-order valence-electron chi connectivity index (χ2n) is 6.04. The van der Waals surface area contributed by atoms with E-state index in [1.807, 2.05) is 12.1 Å². The lowest BCUT2D eigenvalue weighted by molar-refractivity contribution is 0.0657. The Balaban J connectivity index is 2.18. The predicted molar refractivity (Wildman–Crippen MR) is 82.7 cm³/mol. The van der Waals surface area contributed by atoms with Crippen molar-refractivity contribution in [3.05, 3.63) is 34.9 Å². The zero-order valence-corrected chi connectivity index (χ0v) is 13.1. The number of hydrogen-bond donors (Lipinski definition) is 1. The van der Waals surface area contributed by atoms with Crippen LogP contribution in [0.1, 0.15) is 39.3 Å². The molecule has 1 aromatic rings. The summed E-state index contributed by atoms with van der Waals surface area (Å²) in [5.74, 6) is 0.662. The fourth-order valence-electron chi connectivity index (χ4n) is 2.95. The molecule has 2 rings (SSSR count). The molecule has 1 aliphatic heterocycles. The van der Waals surface area contributed by atoms with Crippen LogP contribution in [0.25, 0.3) is 0 Å². The smallest absolute Gasteiger partial charge is 0.0406 e. The fraction of sp³-hybridized carbons (Fsp3) is 0.625. The topological polar surface area (TPSA) is 15.3 Å². The molecule has 1 heterocycles. The molecule has 106 valence electrons. The van der Waals surface area contributed by atoms with Crippen LogP contribution in [0, 0.1) is 5.92 Å². The van der Waals surface area contributed by atoms with Crippen molar-refractivity contribution in [2.45, 2.75) is 45.8 Å². The van der Waals surface area contributed by atoms with Crippen LogP contribution < -0.4 is 5.32 Å². The summed E-state index contributed by atoms with van der Waals surface area (Å²) < 4.78 is 0. The molecule has 1 aliphatic rings. The predicted octanol–water partition coefficient (Wildman–Crippen LogP) is 3.72. The van der Waals surface area contributed by atoms with Gasteiger partial charge in [-0.05, 0) is 37.5 Å². The molecule has 3 heteroatoms. The monoisotopic (exact) mass is 280 g/mol. The van der Waals surface area contributed by atoms with Crippen molar-refractivity contribution in [2.24, 2.45) is 5.92 Å². The molecule has 1 N–H and O–H groups in total. The summed E-state index contributed by atoms with van der Waals surface area (Å²) in [5, 5.41) is 4.41. The standard InChI is InChI=1S/C16H25ClN2/c1-11(2)16-9-18-12(3)10-19(16)13(4)14-5-7-15(17)8-6-14/h5-8,11-13,16,18H,9-10H2,1-4H3. The summed E-state index contributed by atoms with van der Waals surface area (Å²) in [6.45, 7) is 11.4. The molecule has 0 amide bonds. The van der Waals surface area contributed by atoms with E-state index in [1.165, 1.54) is 5.56 Å². The summed E-state index contributed by atoms with van der Waals surface area (Å²) in [6, 6.07) is 9.88. The normalized spacial score (nSPS) is 26.6. The Morgan fingerprint density at radius 2 is 1.84 bits per heavy atom. The van der Waals surface area contributed by atoms with E-state index in [9.17, 15) is 0 Å². The van der Waals surface area contributed by atoms with Crippen LogP contribution in [0.5, 0.6) is 0 Å². The molecule has 0 aromatic heterocycles. The van der Waals surface area contributed by atoms with Gasteiger partial charge in [0.2, 0.25) is 0 Å². The fourth-order valence-corrected chi connectivity index (χ4v) is 3.08. The number of rotatable bonds is 3. The lowest BCUT2D eigenvalue weighted by Gasteiger charge is -2.45. The second-order valence-corrected chi connectivity index (χ2v) is 6.48. The van der Waals surface area contributed by atoms with Gasteiger partial charge >= 0.3 is 0 Å². The van der Waals surface area contributed by atoms with E-state index in [1.54, 1.807) is 0 Å². The second kappa shape index (κ2) is 6.25. The highest BCUT2D eigenvalue weighted by Crippen LogP contribution is 2.28. The van der Waals surface area contributed by atoms with Crippen LogP contribution in [-0.4, -0.2) is 30.1 Å². The molecule has 3 unspecified atom stereocenters. The van der Waals surface area contributed by atoms with Gasteiger partial charge in [-0.1, -0.05) is 37.6 Å². The van der Waals surface area contributed by atoms with Gasteiger partial charge in [0, 0.05) is 36.2 Å². The third-order valence-corrected chi connectivity index (χ3v) is 4.46. The third kappa shape index (κ3) is 3.50. The minimum absolute atomic E-state index is 0.439. The van der Waals surface area contributed by atoms with E-state index in [0.717, 1.165) is 18.1 Å². The Kier molecular flexibility index (Phi) is 4.88. The summed E-state index contributed by atoms with van der Waals surface area (Å²) >= 11 is 5.98.